The number of nitrogens with zero attached hydrogens (tertiary/aromatic N) is 3. The van der Waals surface area contributed by atoms with Crippen LogP contribution in [0.5, 0.6) is 0 Å². The molecule has 0 atom stereocenters. The number of nitrogens with two attached hydrogens (primary N) is 1. The van der Waals surface area contributed by atoms with Gasteiger partial charge in [-0.25, -0.2) is 9.79 Å². The van der Waals surface area contributed by atoms with E-state index < -0.39 is 0 Å². The van der Waals surface area contributed by atoms with Crippen molar-refractivity contribution in [2.75, 3.05) is 32.8 Å². The number of likely N-dealkylation sites (tertiary alicyclic amines) is 2. The fourth-order valence-electron chi connectivity index (χ4n) is 4.16. The summed E-state index contributed by atoms with van der Waals surface area (Å²) in [6.45, 7) is 9.91. The van der Waals surface area contributed by atoms with Crippen LogP contribution in [0.2, 0.25) is 0 Å². The van der Waals surface area contributed by atoms with Gasteiger partial charge in [0.05, 0.1) is 13.2 Å². The molecule has 2 aliphatic rings. The highest BCUT2D eigenvalue weighted by Gasteiger charge is 2.23. The molecule has 166 valence electrons. The largest absolute Gasteiger partial charge is 0.450 e. The number of hydrogen-bond acceptors (Lipinski definition) is 4. The van der Waals surface area contributed by atoms with E-state index in [1.165, 1.54) is 37.1 Å². The summed E-state index contributed by atoms with van der Waals surface area (Å²) in [6, 6.07) is 8.90. The van der Waals surface area contributed by atoms with Crippen LogP contribution in [0.1, 0.15) is 50.7 Å². The zero-order valence-corrected chi connectivity index (χ0v) is 18.5. The molecule has 2 fully saturated rings. The Bertz CT molecular complexity index is 707. The van der Waals surface area contributed by atoms with Gasteiger partial charge in [0, 0.05) is 25.7 Å². The predicted octanol–water partition coefficient (Wildman–Crippen LogP) is 2.94. The van der Waals surface area contributed by atoms with E-state index in [1.54, 1.807) is 4.90 Å². The molecule has 1 aromatic rings. The number of rotatable bonds is 6. The van der Waals surface area contributed by atoms with Crippen molar-refractivity contribution < 1.29 is 9.53 Å². The molecule has 0 aliphatic carbocycles. The Morgan fingerprint density at radius 3 is 2.57 bits per heavy atom. The number of ether oxygens (including phenoxy) is 1. The van der Waals surface area contributed by atoms with Crippen LogP contribution in [0.3, 0.4) is 0 Å². The van der Waals surface area contributed by atoms with Gasteiger partial charge in [-0.1, -0.05) is 31.2 Å². The molecule has 30 heavy (non-hydrogen) atoms. The second-order valence-corrected chi connectivity index (χ2v) is 8.58. The van der Waals surface area contributed by atoms with E-state index in [4.69, 9.17) is 10.5 Å². The molecule has 2 aliphatic heterocycles. The number of carbonyl (C=O) groups excluding carboxylic acids is 1. The molecule has 0 spiro atoms. The lowest BCUT2D eigenvalue weighted by molar-refractivity contribution is 0.0963. The molecule has 0 unspecified atom stereocenters. The van der Waals surface area contributed by atoms with Gasteiger partial charge < -0.3 is 20.7 Å². The lowest BCUT2D eigenvalue weighted by Gasteiger charge is -2.31. The van der Waals surface area contributed by atoms with Crippen molar-refractivity contribution in [3.63, 3.8) is 0 Å². The second kappa shape index (κ2) is 11.2. The van der Waals surface area contributed by atoms with E-state index in [1.807, 2.05) is 6.92 Å². The summed E-state index contributed by atoms with van der Waals surface area (Å²) < 4.78 is 5.06. The zero-order valence-electron chi connectivity index (χ0n) is 18.5. The zero-order chi connectivity index (χ0) is 21.3. The van der Waals surface area contributed by atoms with Gasteiger partial charge in [0.15, 0.2) is 5.96 Å². The highest BCUT2D eigenvalue weighted by molar-refractivity contribution is 5.78. The molecule has 3 rings (SSSR count). The maximum atomic E-state index is 11.8. The highest BCUT2D eigenvalue weighted by atomic mass is 16.6. The second-order valence-electron chi connectivity index (χ2n) is 8.58. The van der Waals surface area contributed by atoms with Crippen molar-refractivity contribution in [2.24, 2.45) is 16.6 Å². The fraction of sp³-hybridized carbons (Fsp3) is 0.652. The smallest absolute Gasteiger partial charge is 0.409 e. The summed E-state index contributed by atoms with van der Waals surface area (Å²) in [6.07, 6.45) is 4.06. The summed E-state index contributed by atoms with van der Waals surface area (Å²) in [4.78, 5) is 20.6. The van der Waals surface area contributed by atoms with Gasteiger partial charge >= 0.3 is 6.09 Å². The first-order valence-corrected chi connectivity index (χ1v) is 11.3. The number of amides is 1. The van der Waals surface area contributed by atoms with E-state index in [9.17, 15) is 4.79 Å². The maximum Gasteiger partial charge on any atom is 0.409 e. The molecule has 0 saturated carbocycles. The number of nitrogens with one attached hydrogen (secondary N) is 1. The monoisotopic (exact) mass is 415 g/mol. The van der Waals surface area contributed by atoms with Crippen LogP contribution in [-0.2, 0) is 17.8 Å². The Balaban J connectivity index is 1.43. The minimum absolute atomic E-state index is 0.225. The third-order valence-corrected chi connectivity index (χ3v) is 6.08. The predicted molar refractivity (Wildman–Crippen MR) is 120 cm³/mol. The number of aliphatic imine (C=N–C) groups is 1. The SMILES string of the molecule is CCOC(=O)N1CCC(NC(N)=NCc2cccc(CN3CCC(C)CC3)c2)CC1. The molecule has 1 amide bonds. The van der Waals surface area contributed by atoms with Gasteiger partial charge in [-0.15, -0.1) is 0 Å². The molecule has 7 heteroatoms. The topological polar surface area (TPSA) is 83.2 Å². The van der Waals surface area contributed by atoms with Gasteiger partial charge in [0.25, 0.3) is 0 Å². The first-order valence-electron chi connectivity index (χ1n) is 11.3. The first-order chi connectivity index (χ1) is 14.5. The number of benzene rings is 1. The summed E-state index contributed by atoms with van der Waals surface area (Å²) in [5.74, 6) is 1.33. The van der Waals surface area contributed by atoms with Crippen LogP contribution in [0.4, 0.5) is 4.79 Å². The van der Waals surface area contributed by atoms with Crippen molar-refractivity contribution >= 4 is 12.1 Å². The number of piperidine rings is 2. The standard InChI is InChI=1S/C23H37N5O2/c1-3-30-23(29)28-13-9-21(10-14-28)26-22(24)25-16-19-5-4-6-20(15-19)17-27-11-7-18(2)8-12-27/h4-6,15,18,21H,3,7-14,16-17H2,1-2H3,(H3,24,25,26). The van der Waals surface area contributed by atoms with Gasteiger partial charge in [-0.05, 0) is 62.7 Å². The molecule has 2 heterocycles. The minimum Gasteiger partial charge on any atom is -0.450 e. The molecule has 1 aromatic carbocycles. The van der Waals surface area contributed by atoms with Gasteiger partial charge in [0.2, 0.25) is 0 Å². The average Bonchev–Trinajstić information content (AvgIpc) is 2.75. The quantitative estimate of drug-likeness (QED) is 0.551. The van der Waals surface area contributed by atoms with E-state index in [-0.39, 0.29) is 12.1 Å². The maximum absolute atomic E-state index is 11.8. The molecule has 0 aromatic heterocycles. The van der Waals surface area contributed by atoms with E-state index in [0.717, 1.165) is 25.3 Å². The Morgan fingerprint density at radius 1 is 1.17 bits per heavy atom. The average molecular weight is 416 g/mol. The summed E-state index contributed by atoms with van der Waals surface area (Å²) in [5, 5.41) is 3.31. The Labute approximate surface area is 180 Å². The summed E-state index contributed by atoms with van der Waals surface area (Å²) in [7, 11) is 0. The fourth-order valence-corrected chi connectivity index (χ4v) is 4.16. The van der Waals surface area contributed by atoms with Crippen LogP contribution >= 0.6 is 0 Å². The van der Waals surface area contributed by atoms with Crippen molar-refractivity contribution in [1.29, 1.82) is 0 Å². The van der Waals surface area contributed by atoms with Gasteiger partial charge in [-0.2, -0.15) is 0 Å². The Hall–Kier alpha value is -2.28. The van der Waals surface area contributed by atoms with E-state index >= 15 is 0 Å². The van der Waals surface area contributed by atoms with Crippen LogP contribution < -0.4 is 11.1 Å². The molecule has 2 saturated heterocycles. The van der Waals surface area contributed by atoms with Gasteiger partial charge in [-0.3, -0.25) is 4.90 Å². The molecule has 0 bridgehead atoms. The number of guanidine groups is 1. The van der Waals surface area contributed by atoms with Crippen LogP contribution in [0, 0.1) is 5.92 Å². The van der Waals surface area contributed by atoms with Crippen molar-refractivity contribution in [2.45, 2.75) is 58.7 Å². The molecule has 7 nitrogen and oxygen atoms in total. The van der Waals surface area contributed by atoms with E-state index in [0.29, 0.717) is 32.2 Å². The first kappa shape index (κ1) is 22.4. The van der Waals surface area contributed by atoms with Crippen LogP contribution in [0.15, 0.2) is 29.3 Å². The van der Waals surface area contributed by atoms with E-state index in [2.05, 4.69) is 46.4 Å². The lowest BCUT2D eigenvalue weighted by atomic mass is 9.98. The van der Waals surface area contributed by atoms with Crippen molar-refractivity contribution in [1.82, 2.24) is 15.1 Å². The van der Waals surface area contributed by atoms with Crippen molar-refractivity contribution in [3.8, 4) is 0 Å². The van der Waals surface area contributed by atoms with Crippen LogP contribution in [0.25, 0.3) is 0 Å². The molecule has 0 radical (unpaired) electrons. The minimum atomic E-state index is -0.225. The molecular weight excluding hydrogens is 378 g/mol. The van der Waals surface area contributed by atoms with Crippen molar-refractivity contribution in [3.05, 3.63) is 35.4 Å². The van der Waals surface area contributed by atoms with Crippen LogP contribution in [-0.4, -0.2) is 60.7 Å². The number of carbonyl (C=O) groups is 1. The number of hydrogen-bond donors (Lipinski definition) is 2. The van der Waals surface area contributed by atoms with Gasteiger partial charge in [0.1, 0.15) is 0 Å². The Kier molecular flexibility index (Phi) is 8.37. The lowest BCUT2D eigenvalue weighted by Crippen LogP contribution is -2.48. The third-order valence-electron chi connectivity index (χ3n) is 6.08. The highest BCUT2D eigenvalue weighted by Crippen LogP contribution is 2.18. The third kappa shape index (κ3) is 6.90. The summed E-state index contributed by atoms with van der Waals surface area (Å²) >= 11 is 0. The normalized spacial score (nSPS) is 19.7. The molecule has 3 N–H and O–H groups in total. The summed E-state index contributed by atoms with van der Waals surface area (Å²) in [5.41, 5.74) is 8.64. The molecular formula is C23H37N5O2. The Morgan fingerprint density at radius 2 is 1.87 bits per heavy atom.